The Balaban J connectivity index is 2.24. The Bertz CT molecular complexity index is 1220. The molecule has 1 heterocycles. The Kier molecular flexibility index (Phi) is 8.43. The van der Waals surface area contributed by atoms with Crippen LogP contribution in [0.5, 0.6) is 11.5 Å². The van der Waals surface area contributed by atoms with Gasteiger partial charge in [0.05, 0.1) is 44.1 Å². The van der Waals surface area contributed by atoms with Crippen molar-refractivity contribution in [1.29, 1.82) is 0 Å². The zero-order valence-corrected chi connectivity index (χ0v) is 20.2. The molecule has 2 aromatic carbocycles. The minimum Gasteiger partial charge on any atom is -0.493 e. The van der Waals surface area contributed by atoms with Gasteiger partial charge in [0, 0.05) is 29.0 Å². The fraction of sp³-hybridized carbons (Fsp3) is 0.333. The molecule has 7 nitrogen and oxygen atoms in total. The minimum atomic E-state index is -1.18. The number of fused-ring (bicyclic) bond motifs is 1. The summed E-state index contributed by atoms with van der Waals surface area (Å²) in [5.74, 6) is -0.471. The van der Waals surface area contributed by atoms with Crippen molar-refractivity contribution in [2.45, 2.75) is 44.8 Å². The summed E-state index contributed by atoms with van der Waals surface area (Å²) in [5, 5.41) is 29.9. The zero-order chi connectivity index (χ0) is 25.7. The van der Waals surface area contributed by atoms with Crippen LogP contribution in [0.25, 0.3) is 28.1 Å². The van der Waals surface area contributed by atoms with Crippen LogP contribution in [0.4, 0.5) is 4.39 Å². The number of pyridine rings is 1. The van der Waals surface area contributed by atoms with Gasteiger partial charge in [-0.15, -0.1) is 0 Å². The first-order valence-corrected chi connectivity index (χ1v) is 11.3. The van der Waals surface area contributed by atoms with Crippen LogP contribution in [-0.2, 0) is 4.79 Å². The second-order valence-corrected chi connectivity index (χ2v) is 8.59. The molecule has 0 saturated carbocycles. The van der Waals surface area contributed by atoms with Crippen LogP contribution in [0.15, 0.2) is 42.5 Å². The van der Waals surface area contributed by atoms with E-state index in [4.69, 9.17) is 19.6 Å². The molecule has 3 aromatic rings. The topological polar surface area (TPSA) is 109 Å². The largest absolute Gasteiger partial charge is 0.493 e. The Labute approximate surface area is 203 Å². The van der Waals surface area contributed by atoms with Crippen LogP contribution in [0.3, 0.4) is 0 Å². The van der Waals surface area contributed by atoms with Crippen molar-refractivity contribution in [3.8, 4) is 22.6 Å². The van der Waals surface area contributed by atoms with Gasteiger partial charge in [-0.1, -0.05) is 38.1 Å². The van der Waals surface area contributed by atoms with E-state index in [2.05, 4.69) is 0 Å². The molecule has 0 fully saturated rings. The highest BCUT2D eigenvalue weighted by molar-refractivity contribution is 6.01. The molecule has 0 spiro atoms. The number of aliphatic hydroxyl groups is 2. The van der Waals surface area contributed by atoms with Gasteiger partial charge in [-0.3, -0.25) is 9.78 Å². The predicted molar refractivity (Wildman–Crippen MR) is 132 cm³/mol. The van der Waals surface area contributed by atoms with Gasteiger partial charge in [0.15, 0.2) is 11.5 Å². The molecule has 3 rings (SSSR count). The van der Waals surface area contributed by atoms with Crippen LogP contribution < -0.4 is 9.47 Å². The summed E-state index contributed by atoms with van der Waals surface area (Å²) in [6.07, 6.45) is 0.384. The third-order valence-corrected chi connectivity index (χ3v) is 5.65. The van der Waals surface area contributed by atoms with E-state index in [1.165, 1.54) is 25.3 Å². The number of carboxylic acid groups (broad SMARTS) is 1. The molecular formula is C27H30FNO6. The second kappa shape index (κ2) is 11.3. The number of nitrogens with zero attached hydrogens (tertiary/aromatic N) is 1. The number of methoxy groups -OCH3 is 2. The predicted octanol–water partition coefficient (Wildman–Crippen LogP) is 4.78. The molecule has 2 unspecified atom stereocenters. The first-order chi connectivity index (χ1) is 16.6. The Hall–Kier alpha value is -3.49. The number of rotatable bonds is 10. The Morgan fingerprint density at radius 3 is 2.29 bits per heavy atom. The van der Waals surface area contributed by atoms with Crippen LogP contribution in [0.1, 0.15) is 43.9 Å². The Morgan fingerprint density at radius 1 is 1.09 bits per heavy atom. The number of aliphatic carboxylic acids is 1. The summed E-state index contributed by atoms with van der Waals surface area (Å²) in [6.45, 7) is 3.99. The highest BCUT2D eigenvalue weighted by Gasteiger charge is 2.20. The zero-order valence-electron chi connectivity index (χ0n) is 20.2. The standard InChI is InChI=1S/C27H30FNO6/c1-15(2)27-20(10-9-18(30)11-19(31)12-25(32)33)26(16-5-7-17(28)8-6-16)21-13-23(34-3)24(35-4)14-22(21)29-27/h5-10,13-15,18-19,30-31H,11-12H2,1-4H3,(H,32,33)/b10-9+. The van der Waals surface area contributed by atoms with Gasteiger partial charge < -0.3 is 24.8 Å². The molecule has 3 N–H and O–H groups in total. The number of carbonyl (C=O) groups is 1. The van der Waals surface area contributed by atoms with Gasteiger partial charge in [0.2, 0.25) is 0 Å². The number of aliphatic hydroxyl groups excluding tert-OH is 2. The maximum Gasteiger partial charge on any atom is 0.305 e. The molecule has 0 saturated heterocycles. The lowest BCUT2D eigenvalue weighted by Gasteiger charge is -2.19. The van der Waals surface area contributed by atoms with Crippen molar-refractivity contribution >= 4 is 22.9 Å². The monoisotopic (exact) mass is 483 g/mol. The van der Waals surface area contributed by atoms with Crippen LogP contribution in [0.2, 0.25) is 0 Å². The van der Waals surface area contributed by atoms with E-state index in [0.717, 1.165) is 27.8 Å². The molecule has 186 valence electrons. The Morgan fingerprint density at radius 2 is 1.71 bits per heavy atom. The van der Waals surface area contributed by atoms with Crippen molar-refractivity contribution in [3.05, 3.63) is 59.5 Å². The highest BCUT2D eigenvalue weighted by atomic mass is 19.1. The maximum atomic E-state index is 13.7. The number of benzene rings is 2. The van der Waals surface area contributed by atoms with E-state index in [0.29, 0.717) is 17.0 Å². The third kappa shape index (κ3) is 6.15. The number of ether oxygens (including phenoxy) is 2. The molecule has 2 atom stereocenters. The highest BCUT2D eigenvalue weighted by Crippen LogP contribution is 2.41. The summed E-state index contributed by atoms with van der Waals surface area (Å²) < 4.78 is 24.7. The molecule has 0 bridgehead atoms. The number of hydrogen-bond acceptors (Lipinski definition) is 6. The van der Waals surface area contributed by atoms with Gasteiger partial charge >= 0.3 is 5.97 Å². The molecule has 0 aliphatic rings. The van der Waals surface area contributed by atoms with Gasteiger partial charge in [0.25, 0.3) is 0 Å². The molecule has 0 aliphatic carbocycles. The number of hydrogen-bond donors (Lipinski definition) is 3. The minimum absolute atomic E-state index is 0.00101. The van der Waals surface area contributed by atoms with Crippen LogP contribution in [-0.4, -0.2) is 52.7 Å². The lowest BCUT2D eigenvalue weighted by Crippen LogP contribution is -2.19. The quantitative estimate of drug-likeness (QED) is 0.381. The van der Waals surface area contributed by atoms with Crippen molar-refractivity contribution in [3.63, 3.8) is 0 Å². The summed E-state index contributed by atoms with van der Waals surface area (Å²) >= 11 is 0. The van der Waals surface area contributed by atoms with E-state index in [1.54, 1.807) is 31.4 Å². The van der Waals surface area contributed by atoms with Crippen molar-refractivity contribution in [2.24, 2.45) is 0 Å². The summed E-state index contributed by atoms with van der Waals surface area (Å²) in [5.41, 5.74) is 3.65. The molecule has 8 heteroatoms. The fourth-order valence-electron chi connectivity index (χ4n) is 4.01. The SMILES string of the molecule is COc1cc2nc(C(C)C)c(/C=C/C(O)CC(O)CC(=O)O)c(-c3ccc(F)cc3)c2cc1OC. The van der Waals surface area contributed by atoms with E-state index in [1.807, 2.05) is 19.9 Å². The second-order valence-electron chi connectivity index (χ2n) is 8.59. The normalized spacial score (nSPS) is 13.4. The van der Waals surface area contributed by atoms with Gasteiger partial charge in [0.1, 0.15) is 5.82 Å². The summed E-state index contributed by atoms with van der Waals surface area (Å²) in [4.78, 5) is 15.7. The number of aromatic nitrogens is 1. The van der Waals surface area contributed by atoms with E-state index < -0.39 is 24.6 Å². The van der Waals surface area contributed by atoms with Crippen LogP contribution in [0, 0.1) is 5.82 Å². The molecule has 35 heavy (non-hydrogen) atoms. The average Bonchev–Trinajstić information content (AvgIpc) is 2.80. The smallest absolute Gasteiger partial charge is 0.305 e. The summed E-state index contributed by atoms with van der Waals surface area (Å²) in [6, 6.07) is 9.71. The molecule has 0 aliphatic heterocycles. The van der Waals surface area contributed by atoms with Gasteiger partial charge in [-0.2, -0.15) is 0 Å². The number of halogens is 1. The van der Waals surface area contributed by atoms with Crippen LogP contribution >= 0.6 is 0 Å². The third-order valence-electron chi connectivity index (χ3n) is 5.65. The molecule has 0 radical (unpaired) electrons. The van der Waals surface area contributed by atoms with E-state index in [-0.39, 0.29) is 18.2 Å². The summed E-state index contributed by atoms with van der Waals surface area (Å²) in [7, 11) is 3.09. The van der Waals surface area contributed by atoms with Crippen molar-refractivity contribution in [1.82, 2.24) is 4.98 Å². The van der Waals surface area contributed by atoms with Gasteiger partial charge in [-0.25, -0.2) is 4.39 Å². The number of carboxylic acids is 1. The lowest BCUT2D eigenvalue weighted by molar-refractivity contribution is -0.139. The first kappa shape index (κ1) is 26.1. The average molecular weight is 484 g/mol. The van der Waals surface area contributed by atoms with Crippen molar-refractivity contribution in [2.75, 3.05) is 14.2 Å². The fourth-order valence-corrected chi connectivity index (χ4v) is 4.01. The molecule has 1 aromatic heterocycles. The lowest BCUT2D eigenvalue weighted by atomic mass is 9.90. The maximum absolute atomic E-state index is 13.7. The molecule has 0 amide bonds. The van der Waals surface area contributed by atoms with Gasteiger partial charge in [-0.05, 0) is 29.7 Å². The first-order valence-electron chi connectivity index (χ1n) is 11.3. The van der Waals surface area contributed by atoms with Crippen molar-refractivity contribution < 1.29 is 34.0 Å². The van der Waals surface area contributed by atoms with E-state index >= 15 is 0 Å². The van der Waals surface area contributed by atoms with E-state index in [9.17, 15) is 19.4 Å². The molecular weight excluding hydrogens is 453 g/mol.